The summed E-state index contributed by atoms with van der Waals surface area (Å²) in [5.41, 5.74) is 1.33. The molecule has 0 saturated carbocycles. The lowest BCUT2D eigenvalue weighted by Gasteiger charge is -2.45. The van der Waals surface area contributed by atoms with Crippen molar-refractivity contribution in [1.29, 1.82) is 0 Å². The zero-order chi connectivity index (χ0) is 17.7. The summed E-state index contributed by atoms with van der Waals surface area (Å²) in [7, 11) is -3.76. The van der Waals surface area contributed by atoms with Crippen LogP contribution in [0, 0.1) is 0 Å². The Morgan fingerprint density at radius 2 is 1.72 bits per heavy atom. The summed E-state index contributed by atoms with van der Waals surface area (Å²) in [5, 5.41) is 0.910. The highest BCUT2D eigenvalue weighted by molar-refractivity contribution is 7.93. The number of aromatic nitrogens is 1. The van der Waals surface area contributed by atoms with Crippen molar-refractivity contribution >= 4 is 32.3 Å². The number of carbonyl (C=O) groups is 1. The second kappa shape index (κ2) is 5.39. The molecule has 126 valence electrons. The Morgan fingerprint density at radius 1 is 1.00 bits per heavy atom. The molecule has 0 aliphatic carbocycles. The molecule has 6 heteroatoms. The van der Waals surface area contributed by atoms with E-state index in [0.717, 1.165) is 5.39 Å². The number of β-lactam (4-membered cyclic amide) rings is 1. The second-order valence-corrected chi connectivity index (χ2v) is 8.67. The number of rotatable bonds is 3. The summed E-state index contributed by atoms with van der Waals surface area (Å²) < 4.78 is 24.4. The first-order valence-corrected chi connectivity index (χ1v) is 9.39. The van der Waals surface area contributed by atoms with Crippen LogP contribution in [0.15, 0.2) is 71.8 Å². The molecule has 1 amide bonds. The largest absolute Gasteiger partial charge is 0.307 e. The van der Waals surface area contributed by atoms with Crippen molar-refractivity contribution in [2.45, 2.75) is 16.6 Å². The van der Waals surface area contributed by atoms with Crippen molar-refractivity contribution in [3.05, 3.63) is 66.9 Å². The maximum atomic E-state index is 12.9. The molecule has 1 aromatic heterocycles. The van der Waals surface area contributed by atoms with Gasteiger partial charge in [-0.25, -0.2) is 8.42 Å². The van der Waals surface area contributed by atoms with Crippen LogP contribution in [0.5, 0.6) is 0 Å². The van der Waals surface area contributed by atoms with Crippen LogP contribution in [-0.4, -0.2) is 30.6 Å². The van der Waals surface area contributed by atoms with Gasteiger partial charge in [0.05, 0.1) is 22.6 Å². The van der Waals surface area contributed by atoms with E-state index in [9.17, 15) is 13.2 Å². The Bertz CT molecular complexity index is 1070. The van der Waals surface area contributed by atoms with E-state index >= 15 is 0 Å². The maximum absolute atomic E-state index is 12.9. The van der Waals surface area contributed by atoms with Crippen LogP contribution in [-0.2, 0) is 14.6 Å². The van der Waals surface area contributed by atoms with E-state index in [1.807, 2.05) is 24.3 Å². The standard InChI is InChI=1S/C19H16N2O3S/c1-19(25(23,24)15-9-3-2-4-10-15)13-21(18(19)22)16-11-5-7-14-8-6-12-20-17(14)16/h2-12H,13H2,1H3. The average Bonchev–Trinajstić information content (AvgIpc) is 2.65. The normalized spacial score (nSPS) is 20.5. The van der Waals surface area contributed by atoms with Crippen molar-refractivity contribution in [3.8, 4) is 0 Å². The molecule has 0 N–H and O–H groups in total. The van der Waals surface area contributed by atoms with E-state index in [1.54, 1.807) is 30.5 Å². The van der Waals surface area contributed by atoms with Crippen molar-refractivity contribution in [3.63, 3.8) is 0 Å². The summed E-state index contributed by atoms with van der Waals surface area (Å²) in [6, 6.07) is 17.4. The van der Waals surface area contributed by atoms with Gasteiger partial charge in [0.15, 0.2) is 14.6 Å². The molecule has 1 unspecified atom stereocenters. The molecular weight excluding hydrogens is 336 g/mol. The third-order valence-corrected chi connectivity index (χ3v) is 7.09. The lowest BCUT2D eigenvalue weighted by atomic mass is 9.98. The Hall–Kier alpha value is -2.73. The van der Waals surface area contributed by atoms with Crippen LogP contribution >= 0.6 is 0 Å². The molecule has 5 nitrogen and oxygen atoms in total. The Balaban J connectivity index is 1.73. The zero-order valence-electron chi connectivity index (χ0n) is 13.6. The first-order valence-electron chi connectivity index (χ1n) is 7.90. The van der Waals surface area contributed by atoms with Gasteiger partial charge in [-0.1, -0.05) is 36.4 Å². The first-order chi connectivity index (χ1) is 11.9. The highest BCUT2D eigenvalue weighted by atomic mass is 32.2. The van der Waals surface area contributed by atoms with Gasteiger partial charge in [-0.3, -0.25) is 9.78 Å². The van der Waals surface area contributed by atoms with Crippen LogP contribution in [0.25, 0.3) is 10.9 Å². The molecule has 25 heavy (non-hydrogen) atoms. The molecule has 1 aliphatic heterocycles. The molecule has 1 fully saturated rings. The maximum Gasteiger partial charge on any atom is 0.250 e. The topological polar surface area (TPSA) is 67.3 Å². The van der Waals surface area contributed by atoms with Gasteiger partial charge in [-0.05, 0) is 31.2 Å². The van der Waals surface area contributed by atoms with Gasteiger partial charge in [0.25, 0.3) is 5.91 Å². The zero-order valence-corrected chi connectivity index (χ0v) is 14.4. The van der Waals surface area contributed by atoms with E-state index in [1.165, 1.54) is 24.0 Å². The summed E-state index contributed by atoms with van der Waals surface area (Å²) in [5.74, 6) is -0.422. The number of carbonyl (C=O) groups excluding carboxylic acids is 1. The second-order valence-electron chi connectivity index (χ2n) is 6.29. The Morgan fingerprint density at radius 3 is 2.44 bits per heavy atom. The van der Waals surface area contributed by atoms with Crippen molar-refractivity contribution < 1.29 is 13.2 Å². The van der Waals surface area contributed by atoms with Gasteiger partial charge in [-0.2, -0.15) is 0 Å². The fourth-order valence-corrected chi connectivity index (χ4v) is 4.87. The minimum Gasteiger partial charge on any atom is -0.307 e. The molecule has 2 aromatic carbocycles. The average molecular weight is 352 g/mol. The number of fused-ring (bicyclic) bond motifs is 1. The smallest absolute Gasteiger partial charge is 0.250 e. The third-order valence-electron chi connectivity index (χ3n) is 4.71. The van der Waals surface area contributed by atoms with E-state index in [-0.39, 0.29) is 11.4 Å². The number of nitrogens with zero attached hydrogens (tertiary/aromatic N) is 2. The lowest BCUT2D eigenvalue weighted by molar-refractivity contribution is -0.124. The predicted molar refractivity (Wildman–Crippen MR) is 96.1 cm³/mol. The Kier molecular flexibility index (Phi) is 3.40. The first kappa shape index (κ1) is 15.8. The van der Waals surface area contributed by atoms with E-state index in [0.29, 0.717) is 11.2 Å². The number of amides is 1. The van der Waals surface area contributed by atoms with Crippen LogP contribution in [0.1, 0.15) is 6.92 Å². The monoisotopic (exact) mass is 352 g/mol. The number of hydrogen-bond acceptors (Lipinski definition) is 4. The third kappa shape index (κ3) is 2.17. The highest BCUT2D eigenvalue weighted by Gasteiger charge is 2.59. The molecule has 1 saturated heterocycles. The molecule has 3 aromatic rings. The fraction of sp³-hybridized carbons (Fsp3) is 0.158. The van der Waals surface area contributed by atoms with Gasteiger partial charge in [-0.15, -0.1) is 0 Å². The number of hydrogen-bond donors (Lipinski definition) is 0. The molecule has 4 rings (SSSR count). The number of para-hydroxylation sites is 1. The fourth-order valence-electron chi connectivity index (χ4n) is 3.20. The molecule has 2 heterocycles. The van der Waals surface area contributed by atoms with Crippen molar-refractivity contribution in [2.24, 2.45) is 0 Å². The van der Waals surface area contributed by atoms with E-state index < -0.39 is 20.5 Å². The van der Waals surface area contributed by atoms with Gasteiger partial charge >= 0.3 is 0 Å². The molecule has 1 aliphatic rings. The van der Waals surface area contributed by atoms with Crippen LogP contribution in [0.4, 0.5) is 5.69 Å². The summed E-state index contributed by atoms with van der Waals surface area (Å²) >= 11 is 0. The molecule has 0 radical (unpaired) electrons. The SMILES string of the molecule is CC1(S(=O)(=O)c2ccccc2)CN(c2cccc3cccnc23)C1=O. The number of sulfone groups is 1. The number of anilines is 1. The van der Waals surface area contributed by atoms with Crippen LogP contribution in [0.2, 0.25) is 0 Å². The minimum absolute atomic E-state index is 0.110. The molecule has 1 atom stereocenters. The Labute approximate surface area is 145 Å². The highest BCUT2D eigenvalue weighted by Crippen LogP contribution is 2.40. The quantitative estimate of drug-likeness (QED) is 0.680. The van der Waals surface area contributed by atoms with Gasteiger partial charge < -0.3 is 4.90 Å². The predicted octanol–water partition coefficient (Wildman–Crippen LogP) is 2.81. The van der Waals surface area contributed by atoms with Crippen molar-refractivity contribution in [2.75, 3.05) is 11.4 Å². The number of pyridine rings is 1. The summed E-state index contributed by atoms with van der Waals surface area (Å²) in [6.45, 7) is 1.60. The minimum atomic E-state index is -3.76. The number of benzene rings is 2. The van der Waals surface area contributed by atoms with Crippen molar-refractivity contribution in [1.82, 2.24) is 4.98 Å². The summed E-state index contributed by atoms with van der Waals surface area (Å²) in [4.78, 5) is 18.9. The van der Waals surface area contributed by atoms with E-state index in [4.69, 9.17) is 0 Å². The lowest BCUT2D eigenvalue weighted by Crippen LogP contribution is -2.69. The molecule has 0 spiro atoms. The summed E-state index contributed by atoms with van der Waals surface area (Å²) in [6.07, 6.45) is 1.66. The van der Waals surface area contributed by atoms with Crippen LogP contribution in [0.3, 0.4) is 0 Å². The molecule has 0 bridgehead atoms. The molecular formula is C19H16N2O3S. The van der Waals surface area contributed by atoms with Gasteiger partial charge in [0.2, 0.25) is 0 Å². The van der Waals surface area contributed by atoms with Gasteiger partial charge in [0, 0.05) is 11.6 Å². The van der Waals surface area contributed by atoms with Gasteiger partial charge in [0.1, 0.15) is 0 Å². The van der Waals surface area contributed by atoms with E-state index in [2.05, 4.69) is 4.98 Å². The van der Waals surface area contributed by atoms with Crippen LogP contribution < -0.4 is 4.90 Å².